The number of carbonyl (C=O) groups is 1. The molecule has 0 bridgehead atoms. The molecular formula is C19H22N4OS2. The summed E-state index contributed by atoms with van der Waals surface area (Å²) in [5.74, 6) is 0.0735. The summed E-state index contributed by atoms with van der Waals surface area (Å²) >= 11 is 3.19. The average Bonchev–Trinajstić information content (AvgIpc) is 3.14. The highest BCUT2D eigenvalue weighted by molar-refractivity contribution is 7.16. The Morgan fingerprint density at radius 2 is 2.04 bits per heavy atom. The third-order valence-corrected chi connectivity index (χ3v) is 5.76. The third-order valence-electron chi connectivity index (χ3n) is 3.90. The molecule has 0 aliphatic carbocycles. The van der Waals surface area contributed by atoms with Gasteiger partial charge in [-0.05, 0) is 43.9 Å². The van der Waals surface area contributed by atoms with Crippen LogP contribution < -0.4 is 11.1 Å². The van der Waals surface area contributed by atoms with E-state index < -0.39 is 5.91 Å². The molecule has 0 unspecified atom stereocenters. The number of aromatic nitrogens is 2. The van der Waals surface area contributed by atoms with Crippen LogP contribution in [0.5, 0.6) is 0 Å². The zero-order chi connectivity index (χ0) is 18.8. The maximum atomic E-state index is 11.5. The normalized spacial score (nSPS) is 11.1. The van der Waals surface area contributed by atoms with E-state index in [9.17, 15) is 4.79 Å². The SMILES string of the molecule is Cc1nc(C)c(-c2csc(Nc3cc(C(N)=O)ccc3CC(C)C)n2)s1. The minimum Gasteiger partial charge on any atom is -0.366 e. The first-order valence-electron chi connectivity index (χ1n) is 8.43. The number of nitrogens with two attached hydrogens (primary N) is 1. The van der Waals surface area contributed by atoms with Crippen LogP contribution in [0.1, 0.15) is 40.5 Å². The molecule has 136 valence electrons. The van der Waals surface area contributed by atoms with Crippen molar-refractivity contribution in [1.29, 1.82) is 0 Å². The minimum atomic E-state index is -0.431. The zero-order valence-electron chi connectivity index (χ0n) is 15.3. The molecule has 2 aromatic heterocycles. The first-order valence-corrected chi connectivity index (χ1v) is 10.1. The molecule has 0 spiro atoms. The zero-order valence-corrected chi connectivity index (χ0v) is 16.9. The number of primary amides is 1. The van der Waals surface area contributed by atoms with Gasteiger partial charge in [0.1, 0.15) is 0 Å². The van der Waals surface area contributed by atoms with E-state index in [2.05, 4.69) is 24.1 Å². The molecule has 3 aromatic rings. The number of benzene rings is 1. The van der Waals surface area contributed by atoms with Crippen molar-refractivity contribution in [2.75, 3.05) is 5.32 Å². The van der Waals surface area contributed by atoms with Gasteiger partial charge in [-0.1, -0.05) is 19.9 Å². The summed E-state index contributed by atoms with van der Waals surface area (Å²) in [6.45, 7) is 8.34. The number of carbonyl (C=O) groups excluding carboxylic acids is 1. The van der Waals surface area contributed by atoms with E-state index in [-0.39, 0.29) is 0 Å². The Morgan fingerprint density at radius 1 is 1.27 bits per heavy atom. The Balaban J connectivity index is 1.91. The predicted molar refractivity (Wildman–Crippen MR) is 109 cm³/mol. The van der Waals surface area contributed by atoms with Gasteiger partial charge in [-0.3, -0.25) is 4.79 Å². The predicted octanol–water partition coefficient (Wildman–Crippen LogP) is 4.92. The van der Waals surface area contributed by atoms with Gasteiger partial charge in [-0.2, -0.15) is 0 Å². The molecule has 0 aliphatic heterocycles. The summed E-state index contributed by atoms with van der Waals surface area (Å²) in [6, 6.07) is 5.55. The Hall–Kier alpha value is -2.25. The molecule has 0 atom stereocenters. The van der Waals surface area contributed by atoms with Crippen LogP contribution in [0.2, 0.25) is 0 Å². The smallest absolute Gasteiger partial charge is 0.248 e. The maximum absolute atomic E-state index is 11.5. The van der Waals surface area contributed by atoms with Gasteiger partial charge in [0.2, 0.25) is 5.91 Å². The summed E-state index contributed by atoms with van der Waals surface area (Å²) in [6.07, 6.45) is 0.909. The fourth-order valence-corrected chi connectivity index (χ4v) is 4.45. The molecule has 0 saturated carbocycles. The van der Waals surface area contributed by atoms with Crippen molar-refractivity contribution in [3.63, 3.8) is 0 Å². The number of nitrogens with one attached hydrogen (secondary N) is 1. The second-order valence-electron chi connectivity index (χ2n) is 6.64. The molecule has 3 N–H and O–H groups in total. The lowest BCUT2D eigenvalue weighted by Crippen LogP contribution is -2.12. The summed E-state index contributed by atoms with van der Waals surface area (Å²) in [4.78, 5) is 21.8. The van der Waals surface area contributed by atoms with Crippen LogP contribution in [-0.2, 0) is 6.42 Å². The molecule has 1 amide bonds. The molecule has 26 heavy (non-hydrogen) atoms. The van der Waals surface area contributed by atoms with Crippen LogP contribution in [0.3, 0.4) is 0 Å². The van der Waals surface area contributed by atoms with Crippen molar-refractivity contribution in [2.24, 2.45) is 11.7 Å². The lowest BCUT2D eigenvalue weighted by Gasteiger charge is -2.13. The largest absolute Gasteiger partial charge is 0.366 e. The number of aryl methyl sites for hydroxylation is 2. The highest BCUT2D eigenvalue weighted by Gasteiger charge is 2.14. The number of nitrogens with zero attached hydrogens (tertiary/aromatic N) is 2. The van der Waals surface area contributed by atoms with Gasteiger partial charge in [0.15, 0.2) is 5.13 Å². The van der Waals surface area contributed by atoms with Gasteiger partial charge in [-0.15, -0.1) is 22.7 Å². The van der Waals surface area contributed by atoms with Gasteiger partial charge in [0, 0.05) is 16.6 Å². The van der Waals surface area contributed by atoms with Crippen molar-refractivity contribution in [1.82, 2.24) is 9.97 Å². The second kappa shape index (κ2) is 7.55. The minimum absolute atomic E-state index is 0.431. The Bertz CT molecular complexity index is 943. The maximum Gasteiger partial charge on any atom is 0.248 e. The molecular weight excluding hydrogens is 364 g/mol. The molecule has 2 heterocycles. The number of anilines is 2. The molecule has 3 rings (SSSR count). The van der Waals surface area contributed by atoms with Gasteiger partial charge in [0.25, 0.3) is 0 Å². The molecule has 1 aromatic carbocycles. The van der Waals surface area contributed by atoms with Crippen molar-refractivity contribution in [2.45, 2.75) is 34.1 Å². The second-order valence-corrected chi connectivity index (χ2v) is 8.71. The van der Waals surface area contributed by atoms with Crippen LogP contribution in [0.15, 0.2) is 23.6 Å². The fourth-order valence-electron chi connectivity index (χ4n) is 2.78. The van der Waals surface area contributed by atoms with E-state index in [1.165, 1.54) is 11.3 Å². The van der Waals surface area contributed by atoms with Crippen molar-refractivity contribution in [3.8, 4) is 10.6 Å². The molecule has 5 nitrogen and oxygen atoms in total. The van der Waals surface area contributed by atoms with E-state index in [0.717, 1.165) is 44.1 Å². The van der Waals surface area contributed by atoms with Crippen molar-refractivity contribution in [3.05, 3.63) is 45.4 Å². The quantitative estimate of drug-likeness (QED) is 0.630. The van der Waals surface area contributed by atoms with Crippen LogP contribution in [-0.4, -0.2) is 15.9 Å². The first kappa shape index (κ1) is 18.5. The Labute approximate surface area is 161 Å². The van der Waals surface area contributed by atoms with Crippen molar-refractivity contribution >= 4 is 39.4 Å². The average molecular weight is 387 g/mol. The summed E-state index contributed by atoms with van der Waals surface area (Å²) in [7, 11) is 0. The number of thiazole rings is 2. The summed E-state index contributed by atoms with van der Waals surface area (Å²) in [5.41, 5.74) is 9.89. The van der Waals surface area contributed by atoms with Gasteiger partial charge < -0.3 is 11.1 Å². The fraction of sp³-hybridized carbons (Fsp3) is 0.316. The van der Waals surface area contributed by atoms with Gasteiger partial charge >= 0.3 is 0 Å². The first-order chi connectivity index (χ1) is 12.3. The molecule has 7 heteroatoms. The Kier molecular flexibility index (Phi) is 5.38. The van der Waals surface area contributed by atoms with Gasteiger partial charge in [0.05, 0.1) is 21.3 Å². The molecule has 0 saturated heterocycles. The van der Waals surface area contributed by atoms with Crippen LogP contribution in [0, 0.1) is 19.8 Å². The third kappa shape index (κ3) is 4.11. The topological polar surface area (TPSA) is 80.9 Å². The van der Waals surface area contributed by atoms with Crippen LogP contribution in [0.25, 0.3) is 10.6 Å². The van der Waals surface area contributed by atoms with E-state index >= 15 is 0 Å². The lowest BCUT2D eigenvalue weighted by atomic mass is 9.99. The van der Waals surface area contributed by atoms with Gasteiger partial charge in [-0.25, -0.2) is 9.97 Å². The molecule has 0 fully saturated rings. The van der Waals surface area contributed by atoms with Crippen molar-refractivity contribution < 1.29 is 4.79 Å². The Morgan fingerprint density at radius 3 is 2.65 bits per heavy atom. The summed E-state index contributed by atoms with van der Waals surface area (Å²) in [5, 5.41) is 7.23. The van der Waals surface area contributed by atoms with Crippen LogP contribution >= 0.6 is 22.7 Å². The number of amides is 1. The summed E-state index contributed by atoms with van der Waals surface area (Å²) < 4.78 is 0. The van der Waals surface area contributed by atoms with E-state index in [0.29, 0.717) is 11.5 Å². The highest BCUT2D eigenvalue weighted by atomic mass is 32.1. The number of hydrogen-bond donors (Lipinski definition) is 2. The standard InChI is InChI=1S/C19H22N4OS2/c1-10(2)7-13-5-6-14(18(20)24)8-15(13)22-19-23-16(9-25-19)17-11(3)21-12(4)26-17/h5-6,8-10H,7H2,1-4H3,(H2,20,24)(H,22,23). The van der Waals surface area contributed by atoms with E-state index in [1.54, 1.807) is 17.4 Å². The molecule has 0 radical (unpaired) electrons. The van der Waals surface area contributed by atoms with Crippen LogP contribution in [0.4, 0.5) is 10.8 Å². The highest BCUT2D eigenvalue weighted by Crippen LogP contribution is 2.34. The number of hydrogen-bond acceptors (Lipinski definition) is 6. The lowest BCUT2D eigenvalue weighted by molar-refractivity contribution is 0.100. The molecule has 0 aliphatic rings. The van der Waals surface area contributed by atoms with E-state index in [4.69, 9.17) is 10.7 Å². The monoisotopic (exact) mass is 386 g/mol. The van der Waals surface area contributed by atoms with E-state index in [1.807, 2.05) is 31.4 Å². The number of rotatable bonds is 6.